The molecule has 1 atom stereocenters. The Morgan fingerprint density at radius 2 is 2.00 bits per heavy atom. The van der Waals surface area contributed by atoms with Gasteiger partial charge < -0.3 is 10.1 Å². The van der Waals surface area contributed by atoms with Gasteiger partial charge in [-0.05, 0) is 77.1 Å². The molecule has 4 nitrogen and oxygen atoms in total. The summed E-state index contributed by atoms with van der Waals surface area (Å²) in [7, 11) is 0. The Labute approximate surface area is 171 Å². The Balaban J connectivity index is 0.00000210. The lowest BCUT2D eigenvalue weighted by atomic mass is 9.72. The first-order valence-corrected chi connectivity index (χ1v) is 10.4. The number of piperidine rings is 3. The summed E-state index contributed by atoms with van der Waals surface area (Å²) in [6, 6.07) is 8.24. The number of hydrogen-bond donors (Lipinski definition) is 1. The molecule has 27 heavy (non-hydrogen) atoms. The molecule has 0 spiro atoms. The summed E-state index contributed by atoms with van der Waals surface area (Å²) in [5.41, 5.74) is 0.0272. The van der Waals surface area contributed by atoms with Crippen LogP contribution in [0, 0.1) is 5.92 Å². The molecule has 4 heterocycles. The third-order valence-electron chi connectivity index (χ3n) is 5.97. The molecule has 2 bridgehead atoms. The average molecular weight is 409 g/mol. The number of fused-ring (bicyclic) bond motifs is 4. The average Bonchev–Trinajstić information content (AvgIpc) is 3.03. The minimum absolute atomic E-state index is 0. The van der Waals surface area contributed by atoms with Gasteiger partial charge in [-0.2, -0.15) is 0 Å². The van der Waals surface area contributed by atoms with Crippen LogP contribution < -0.4 is 10.1 Å². The highest BCUT2D eigenvalue weighted by Crippen LogP contribution is 2.40. The molecule has 1 N–H and O–H groups in total. The number of benzene rings is 1. The number of hydrogen-bond acceptors (Lipinski definition) is 4. The molecule has 148 valence electrons. The van der Waals surface area contributed by atoms with Crippen molar-refractivity contribution in [2.45, 2.75) is 58.2 Å². The minimum Gasteiger partial charge on any atom is -0.490 e. The summed E-state index contributed by atoms with van der Waals surface area (Å²) in [5.74, 6) is 1.51. The lowest BCUT2D eigenvalue weighted by Crippen LogP contribution is -2.69. The van der Waals surface area contributed by atoms with E-state index >= 15 is 0 Å². The first kappa shape index (κ1) is 20.4. The molecule has 3 fully saturated rings. The van der Waals surface area contributed by atoms with Crippen LogP contribution in [-0.4, -0.2) is 41.6 Å². The molecule has 6 heteroatoms. The highest BCUT2D eigenvalue weighted by atomic mass is 35.5. The van der Waals surface area contributed by atoms with E-state index in [2.05, 4.69) is 24.1 Å². The first-order chi connectivity index (χ1) is 12.4. The summed E-state index contributed by atoms with van der Waals surface area (Å²) >= 11 is 1.53. The molecule has 1 aromatic heterocycles. The van der Waals surface area contributed by atoms with Crippen molar-refractivity contribution in [3.63, 3.8) is 0 Å². The van der Waals surface area contributed by atoms with Crippen molar-refractivity contribution < 1.29 is 9.53 Å². The fourth-order valence-corrected chi connectivity index (χ4v) is 5.60. The standard InChI is InChI=1S/C21H28N2O2S.ClH/c1-13(2)25-16-7-5-6-15-12-17(26-18(15)16)20(24)22-19-14-8-10-23(11-9-14)21(19,3)4;/h5-7,12-14,19H,8-11H2,1-4H3,(H,22,24);1H. The molecule has 1 aromatic carbocycles. The van der Waals surface area contributed by atoms with Gasteiger partial charge in [-0.25, -0.2) is 0 Å². The molecule has 1 amide bonds. The second kappa shape index (κ2) is 7.61. The van der Waals surface area contributed by atoms with Crippen molar-refractivity contribution in [3.05, 3.63) is 29.1 Å². The van der Waals surface area contributed by atoms with Gasteiger partial charge in [0.15, 0.2) is 0 Å². The molecule has 3 aliphatic rings. The Bertz CT molecular complexity index is 825. The number of ether oxygens (including phenoxy) is 1. The van der Waals surface area contributed by atoms with Crippen molar-refractivity contribution in [3.8, 4) is 5.75 Å². The monoisotopic (exact) mass is 408 g/mol. The second-order valence-electron chi connectivity index (χ2n) is 8.38. The molecule has 1 unspecified atom stereocenters. The van der Waals surface area contributed by atoms with Gasteiger partial charge in [0.2, 0.25) is 0 Å². The highest BCUT2D eigenvalue weighted by molar-refractivity contribution is 7.21. The van der Waals surface area contributed by atoms with E-state index in [4.69, 9.17) is 4.74 Å². The van der Waals surface area contributed by atoms with Gasteiger partial charge in [0, 0.05) is 11.6 Å². The third kappa shape index (κ3) is 3.69. The summed E-state index contributed by atoms with van der Waals surface area (Å²) in [4.78, 5) is 16.3. The van der Waals surface area contributed by atoms with Crippen molar-refractivity contribution in [1.29, 1.82) is 0 Å². The number of thiophene rings is 1. The molecular weight excluding hydrogens is 380 g/mol. The van der Waals surface area contributed by atoms with Crippen LogP contribution in [0.5, 0.6) is 5.75 Å². The highest BCUT2D eigenvalue weighted by Gasteiger charge is 2.48. The van der Waals surface area contributed by atoms with Gasteiger partial charge in [0.1, 0.15) is 5.75 Å². The zero-order valence-corrected chi connectivity index (χ0v) is 18.1. The zero-order valence-electron chi connectivity index (χ0n) is 16.5. The molecular formula is C21H29ClN2O2S. The van der Waals surface area contributed by atoms with E-state index in [9.17, 15) is 4.79 Å². The van der Waals surface area contributed by atoms with Crippen LogP contribution in [0.2, 0.25) is 0 Å². The molecule has 5 rings (SSSR count). The van der Waals surface area contributed by atoms with E-state index in [0.29, 0.717) is 5.92 Å². The molecule has 0 saturated carbocycles. The number of nitrogens with zero attached hydrogens (tertiary/aromatic N) is 1. The Morgan fingerprint density at radius 1 is 1.30 bits per heavy atom. The molecule has 3 aliphatic heterocycles. The van der Waals surface area contributed by atoms with Crippen LogP contribution in [-0.2, 0) is 0 Å². The van der Waals surface area contributed by atoms with Gasteiger partial charge >= 0.3 is 0 Å². The lowest BCUT2D eigenvalue weighted by Gasteiger charge is -2.56. The maximum Gasteiger partial charge on any atom is 0.261 e. The van der Waals surface area contributed by atoms with Gasteiger partial charge in [-0.3, -0.25) is 9.69 Å². The van der Waals surface area contributed by atoms with E-state index in [0.717, 1.165) is 33.8 Å². The largest absolute Gasteiger partial charge is 0.490 e. The third-order valence-corrected chi connectivity index (χ3v) is 7.13. The van der Waals surface area contributed by atoms with Crippen molar-refractivity contribution >= 4 is 39.7 Å². The Hall–Kier alpha value is -1.30. The molecule has 2 aromatic rings. The fraction of sp³-hybridized carbons (Fsp3) is 0.571. The lowest BCUT2D eigenvalue weighted by molar-refractivity contribution is -0.0377. The molecule has 0 aliphatic carbocycles. The number of rotatable bonds is 4. The number of amides is 1. The predicted octanol–water partition coefficient (Wildman–Crippen LogP) is 4.71. The summed E-state index contributed by atoms with van der Waals surface area (Å²) in [6.45, 7) is 10.9. The first-order valence-electron chi connectivity index (χ1n) is 9.61. The van der Waals surface area contributed by atoms with Crippen molar-refractivity contribution in [2.24, 2.45) is 5.92 Å². The SMILES string of the molecule is CC(C)Oc1cccc2cc(C(=O)NC3C4CCN(CC4)C3(C)C)sc12.Cl. The Morgan fingerprint density at radius 3 is 2.63 bits per heavy atom. The normalized spacial score (nSPS) is 26.0. The molecule has 0 radical (unpaired) electrons. The van der Waals surface area contributed by atoms with Gasteiger partial charge in [-0.15, -0.1) is 23.7 Å². The quantitative estimate of drug-likeness (QED) is 0.796. The van der Waals surface area contributed by atoms with Crippen molar-refractivity contribution in [2.75, 3.05) is 13.1 Å². The summed E-state index contributed by atoms with van der Waals surface area (Å²) < 4.78 is 6.97. The Kier molecular flexibility index (Phi) is 5.76. The van der Waals surface area contributed by atoms with E-state index in [1.165, 1.54) is 24.2 Å². The number of nitrogens with one attached hydrogen (secondary N) is 1. The van der Waals surface area contributed by atoms with Crippen LogP contribution in [0.25, 0.3) is 10.1 Å². The molecule has 3 saturated heterocycles. The smallest absolute Gasteiger partial charge is 0.261 e. The van der Waals surface area contributed by atoms with Crippen molar-refractivity contribution in [1.82, 2.24) is 10.2 Å². The summed E-state index contributed by atoms with van der Waals surface area (Å²) in [5, 5.41) is 4.44. The fourth-order valence-electron chi connectivity index (χ4n) is 4.58. The van der Waals surface area contributed by atoms with Crippen LogP contribution in [0.4, 0.5) is 0 Å². The maximum absolute atomic E-state index is 13.0. The zero-order chi connectivity index (χ0) is 18.5. The van der Waals surface area contributed by atoms with Gasteiger partial charge in [0.25, 0.3) is 5.91 Å². The van der Waals surface area contributed by atoms with Gasteiger partial charge in [0.05, 0.1) is 15.7 Å². The van der Waals surface area contributed by atoms with E-state index in [1.807, 2.05) is 38.1 Å². The van der Waals surface area contributed by atoms with Crippen LogP contribution in [0.1, 0.15) is 50.2 Å². The topological polar surface area (TPSA) is 41.6 Å². The number of carbonyl (C=O) groups excluding carboxylic acids is 1. The van der Waals surface area contributed by atoms with E-state index in [-0.39, 0.29) is 36.0 Å². The van der Waals surface area contributed by atoms with Gasteiger partial charge in [-0.1, -0.05) is 12.1 Å². The maximum atomic E-state index is 13.0. The predicted molar refractivity (Wildman–Crippen MR) is 114 cm³/mol. The second-order valence-corrected chi connectivity index (χ2v) is 9.43. The summed E-state index contributed by atoms with van der Waals surface area (Å²) in [6.07, 6.45) is 2.49. The van der Waals surface area contributed by atoms with E-state index < -0.39 is 0 Å². The van der Waals surface area contributed by atoms with Crippen LogP contribution in [0.3, 0.4) is 0 Å². The minimum atomic E-state index is 0. The number of carbonyl (C=O) groups is 1. The number of halogens is 1. The van der Waals surface area contributed by atoms with Crippen LogP contribution in [0.15, 0.2) is 24.3 Å². The van der Waals surface area contributed by atoms with Crippen LogP contribution >= 0.6 is 23.7 Å². The van der Waals surface area contributed by atoms with E-state index in [1.54, 1.807) is 0 Å².